The number of hydrogen-bond acceptors (Lipinski definition) is 1. The van der Waals surface area contributed by atoms with E-state index in [-0.39, 0.29) is 0 Å². The number of benzene rings is 2. The van der Waals surface area contributed by atoms with Crippen molar-refractivity contribution >= 4 is 5.57 Å². The van der Waals surface area contributed by atoms with Crippen LogP contribution in [0.3, 0.4) is 0 Å². The normalized spacial score (nSPS) is 13.6. The van der Waals surface area contributed by atoms with Crippen molar-refractivity contribution in [3.05, 3.63) is 90.1 Å². The van der Waals surface area contributed by atoms with Crippen molar-refractivity contribution in [1.82, 2.24) is 0 Å². The Morgan fingerprint density at radius 2 is 1.53 bits per heavy atom. The topological polar surface area (TPSA) is 26.0 Å². The second kappa shape index (κ2) is 6.60. The highest BCUT2D eigenvalue weighted by atomic mass is 14.5. The molecule has 2 aromatic rings. The third kappa shape index (κ3) is 3.59. The molecule has 0 fully saturated rings. The maximum Gasteiger partial charge on any atom is 0.00174 e. The zero-order valence-corrected chi connectivity index (χ0v) is 11.2. The maximum absolute atomic E-state index is 5.72. The van der Waals surface area contributed by atoms with E-state index in [1.165, 1.54) is 5.56 Å². The van der Waals surface area contributed by atoms with Gasteiger partial charge in [0.25, 0.3) is 0 Å². The molecule has 1 nitrogen and oxygen atoms in total. The van der Waals surface area contributed by atoms with Gasteiger partial charge in [-0.3, -0.25) is 0 Å². The van der Waals surface area contributed by atoms with Crippen molar-refractivity contribution in [2.75, 3.05) is 0 Å². The fourth-order valence-corrected chi connectivity index (χ4v) is 1.99. The summed E-state index contributed by atoms with van der Waals surface area (Å²) >= 11 is 0. The second-order valence-corrected chi connectivity index (χ2v) is 4.55. The van der Waals surface area contributed by atoms with Gasteiger partial charge in [-0.1, -0.05) is 79.7 Å². The Balaban J connectivity index is 2.14. The van der Waals surface area contributed by atoms with Crippen molar-refractivity contribution in [2.24, 2.45) is 5.73 Å². The molecule has 96 valence electrons. The fraction of sp³-hybridized carbons (Fsp3) is 0.111. The quantitative estimate of drug-likeness (QED) is 0.801. The summed E-state index contributed by atoms with van der Waals surface area (Å²) < 4.78 is 0. The third-order valence-electron chi connectivity index (χ3n) is 3.18. The molecule has 1 heteroatoms. The third-order valence-corrected chi connectivity index (χ3v) is 3.18. The summed E-state index contributed by atoms with van der Waals surface area (Å²) in [6.07, 6.45) is 5.93. The monoisotopic (exact) mass is 249 g/mol. The summed E-state index contributed by atoms with van der Waals surface area (Å²) in [7, 11) is 0. The zero-order valence-electron chi connectivity index (χ0n) is 11.2. The van der Waals surface area contributed by atoms with E-state index >= 15 is 0 Å². The highest BCUT2D eigenvalue weighted by Crippen LogP contribution is 2.20. The van der Waals surface area contributed by atoms with Crippen LogP contribution in [-0.4, -0.2) is 0 Å². The first-order chi connectivity index (χ1) is 9.31. The summed E-state index contributed by atoms with van der Waals surface area (Å²) in [4.78, 5) is 0. The molecule has 0 saturated carbocycles. The van der Waals surface area contributed by atoms with Crippen molar-refractivity contribution < 1.29 is 0 Å². The molecule has 1 atom stereocenters. The number of nitrogens with two attached hydrogens (primary N) is 1. The smallest absolute Gasteiger partial charge is 0.00174 e. The van der Waals surface area contributed by atoms with Crippen molar-refractivity contribution in [3.8, 4) is 0 Å². The lowest BCUT2D eigenvalue weighted by Crippen LogP contribution is -1.90. The van der Waals surface area contributed by atoms with Gasteiger partial charge in [0.05, 0.1) is 0 Å². The first-order valence-corrected chi connectivity index (χ1v) is 6.51. The molecule has 2 N–H and O–H groups in total. The lowest BCUT2D eigenvalue weighted by atomic mass is 9.98. The highest BCUT2D eigenvalue weighted by Gasteiger charge is 2.01. The SMILES string of the molecule is CC(/C=C\C(=C/N)c1ccccc1)c1ccccc1. The Hall–Kier alpha value is -2.28. The molecule has 0 bridgehead atoms. The molecule has 1 unspecified atom stereocenters. The Morgan fingerprint density at radius 1 is 0.947 bits per heavy atom. The molecule has 0 aliphatic rings. The summed E-state index contributed by atoms with van der Waals surface area (Å²) in [5.41, 5.74) is 9.21. The molecular formula is C18H19N. The Morgan fingerprint density at radius 3 is 2.11 bits per heavy atom. The van der Waals surface area contributed by atoms with Crippen molar-refractivity contribution in [2.45, 2.75) is 12.8 Å². The summed E-state index contributed by atoms with van der Waals surface area (Å²) in [5, 5.41) is 0. The van der Waals surface area contributed by atoms with Gasteiger partial charge in [0.15, 0.2) is 0 Å². The molecule has 0 saturated heterocycles. The van der Waals surface area contributed by atoms with E-state index in [2.05, 4.69) is 55.5 Å². The minimum absolute atomic E-state index is 0.375. The Labute approximate surface area is 115 Å². The van der Waals surface area contributed by atoms with E-state index < -0.39 is 0 Å². The Kier molecular flexibility index (Phi) is 4.57. The van der Waals surface area contributed by atoms with E-state index in [4.69, 9.17) is 5.73 Å². The number of allylic oxidation sites excluding steroid dienone is 3. The van der Waals surface area contributed by atoms with Crippen molar-refractivity contribution in [3.63, 3.8) is 0 Å². The highest BCUT2D eigenvalue weighted by molar-refractivity contribution is 5.73. The van der Waals surface area contributed by atoms with Gasteiger partial charge in [-0.05, 0) is 22.6 Å². The average molecular weight is 249 g/mol. The van der Waals surface area contributed by atoms with Gasteiger partial charge in [-0.15, -0.1) is 0 Å². The second-order valence-electron chi connectivity index (χ2n) is 4.55. The van der Waals surface area contributed by atoms with Crippen LogP contribution in [-0.2, 0) is 0 Å². The lowest BCUT2D eigenvalue weighted by Gasteiger charge is -2.07. The molecule has 0 aliphatic carbocycles. The Bertz CT molecular complexity index is 553. The van der Waals surface area contributed by atoms with E-state index in [0.29, 0.717) is 5.92 Å². The summed E-state index contributed by atoms with van der Waals surface area (Å²) in [6, 6.07) is 20.6. The van der Waals surface area contributed by atoms with Gasteiger partial charge in [-0.2, -0.15) is 0 Å². The fourth-order valence-electron chi connectivity index (χ4n) is 1.99. The minimum atomic E-state index is 0.375. The predicted octanol–water partition coefficient (Wildman–Crippen LogP) is 4.35. The van der Waals surface area contributed by atoms with Crippen LogP contribution in [0.25, 0.3) is 5.57 Å². The summed E-state index contributed by atoms with van der Waals surface area (Å²) in [6.45, 7) is 2.19. The summed E-state index contributed by atoms with van der Waals surface area (Å²) in [5.74, 6) is 0.375. The van der Waals surface area contributed by atoms with Crippen LogP contribution in [0.1, 0.15) is 24.0 Å². The zero-order chi connectivity index (χ0) is 13.5. The van der Waals surface area contributed by atoms with Gasteiger partial charge >= 0.3 is 0 Å². The van der Waals surface area contributed by atoms with Gasteiger partial charge in [0.1, 0.15) is 0 Å². The van der Waals surface area contributed by atoms with Crippen LogP contribution < -0.4 is 5.73 Å². The number of hydrogen-bond donors (Lipinski definition) is 1. The van der Waals surface area contributed by atoms with E-state index in [1.807, 2.05) is 24.3 Å². The molecule has 0 aliphatic heterocycles. The molecule has 2 aromatic carbocycles. The predicted molar refractivity (Wildman–Crippen MR) is 82.6 cm³/mol. The van der Waals surface area contributed by atoms with Gasteiger partial charge in [0.2, 0.25) is 0 Å². The maximum atomic E-state index is 5.72. The largest absolute Gasteiger partial charge is 0.404 e. The molecule has 0 aromatic heterocycles. The lowest BCUT2D eigenvalue weighted by molar-refractivity contribution is 0.968. The van der Waals surface area contributed by atoms with E-state index in [1.54, 1.807) is 6.20 Å². The molecule has 0 radical (unpaired) electrons. The molecule has 0 amide bonds. The van der Waals surface area contributed by atoms with Crippen molar-refractivity contribution in [1.29, 1.82) is 0 Å². The van der Waals surface area contributed by atoms with Crippen LogP contribution in [0.4, 0.5) is 0 Å². The van der Waals surface area contributed by atoms with Gasteiger partial charge < -0.3 is 5.73 Å². The molecule has 0 heterocycles. The van der Waals surface area contributed by atoms with Crippen LogP contribution >= 0.6 is 0 Å². The first-order valence-electron chi connectivity index (χ1n) is 6.51. The van der Waals surface area contributed by atoms with Crippen LogP contribution in [0.2, 0.25) is 0 Å². The minimum Gasteiger partial charge on any atom is -0.404 e. The van der Waals surface area contributed by atoms with Crippen LogP contribution in [0.5, 0.6) is 0 Å². The van der Waals surface area contributed by atoms with Gasteiger partial charge in [-0.25, -0.2) is 0 Å². The number of rotatable bonds is 4. The molecule has 2 rings (SSSR count). The standard InChI is InChI=1S/C18H19N/c1-15(16-8-4-2-5-9-16)12-13-18(14-19)17-10-6-3-7-11-17/h2-15H,19H2,1H3/b13-12-,18-14+. The van der Waals surface area contributed by atoms with Crippen LogP contribution in [0.15, 0.2) is 79.0 Å². The van der Waals surface area contributed by atoms with E-state index in [0.717, 1.165) is 11.1 Å². The van der Waals surface area contributed by atoms with Crippen LogP contribution in [0, 0.1) is 0 Å². The molecular weight excluding hydrogens is 230 g/mol. The van der Waals surface area contributed by atoms with Gasteiger partial charge in [0, 0.05) is 6.20 Å². The molecule has 19 heavy (non-hydrogen) atoms. The van der Waals surface area contributed by atoms with E-state index in [9.17, 15) is 0 Å². The molecule has 0 spiro atoms. The first kappa shape index (κ1) is 13.2. The average Bonchev–Trinajstić information content (AvgIpc) is 2.49.